The van der Waals surface area contributed by atoms with Crippen LogP contribution in [0.15, 0.2) is 47.1 Å². The number of carboxylic acids is 1. The van der Waals surface area contributed by atoms with Crippen molar-refractivity contribution in [2.24, 2.45) is 0 Å². The van der Waals surface area contributed by atoms with Crippen LogP contribution in [0.4, 0.5) is 16.2 Å². The van der Waals surface area contributed by atoms with Crippen LogP contribution < -0.4 is 16.0 Å². The molecule has 2 heterocycles. The van der Waals surface area contributed by atoms with Gasteiger partial charge in [0.15, 0.2) is 6.10 Å². The minimum Gasteiger partial charge on any atom is -0.479 e. The van der Waals surface area contributed by atoms with E-state index >= 15 is 0 Å². The lowest BCUT2D eigenvalue weighted by atomic mass is 10.2. The first kappa shape index (κ1) is 18.5. The van der Waals surface area contributed by atoms with Crippen LogP contribution in [0.1, 0.15) is 18.6 Å². The number of rotatable bonds is 6. The summed E-state index contributed by atoms with van der Waals surface area (Å²) in [4.78, 5) is 34.8. The summed E-state index contributed by atoms with van der Waals surface area (Å²) in [6.45, 7) is 0.270. The second-order valence-corrected chi connectivity index (χ2v) is 5.98. The summed E-state index contributed by atoms with van der Waals surface area (Å²) in [6.07, 6.45) is 0.477. The lowest BCUT2D eigenvalue weighted by Gasteiger charge is -2.12. The number of furan rings is 1. The van der Waals surface area contributed by atoms with E-state index in [9.17, 15) is 14.4 Å². The number of benzene rings is 1. The van der Waals surface area contributed by atoms with Crippen LogP contribution in [-0.4, -0.2) is 35.2 Å². The van der Waals surface area contributed by atoms with Crippen LogP contribution >= 0.6 is 0 Å². The van der Waals surface area contributed by atoms with Gasteiger partial charge >= 0.3 is 12.0 Å². The molecule has 3 rings (SSSR count). The second-order valence-electron chi connectivity index (χ2n) is 5.98. The Morgan fingerprint density at radius 2 is 1.67 bits per heavy atom. The molecular weight excluding hydrogens is 354 g/mol. The molecule has 1 fully saturated rings. The van der Waals surface area contributed by atoms with Crippen molar-refractivity contribution in [1.82, 2.24) is 5.32 Å². The number of carbonyl (C=O) groups excluding carboxylic acids is 2. The Labute approximate surface area is 154 Å². The molecule has 1 aromatic heterocycles. The summed E-state index contributed by atoms with van der Waals surface area (Å²) in [7, 11) is 0. The van der Waals surface area contributed by atoms with Gasteiger partial charge in [-0.3, -0.25) is 4.79 Å². The predicted molar refractivity (Wildman–Crippen MR) is 95.2 cm³/mol. The Balaban J connectivity index is 1.46. The maximum absolute atomic E-state index is 12.1. The standard InChI is InChI=1S/C18H19N3O6/c22-16(14-7-8-15(27-14)17(23)24)20-11-3-5-12(6-4-11)21-18(25)19-10-13-2-1-9-26-13/h1-6,9,14-15H,7-8,10H2,(H,20,22)(H,23,24)(H2,19,21,25)/t14-,15+/m0/s1. The van der Waals surface area contributed by atoms with E-state index in [2.05, 4.69) is 16.0 Å². The molecule has 1 saturated heterocycles. The third-order valence-electron chi connectivity index (χ3n) is 4.00. The zero-order valence-electron chi connectivity index (χ0n) is 14.3. The largest absolute Gasteiger partial charge is 0.479 e. The van der Waals surface area contributed by atoms with E-state index in [0.717, 1.165) is 0 Å². The monoisotopic (exact) mass is 373 g/mol. The first-order chi connectivity index (χ1) is 13.0. The predicted octanol–water partition coefficient (Wildman–Crippen LogP) is 2.17. The smallest absolute Gasteiger partial charge is 0.332 e. The molecule has 1 aromatic carbocycles. The first-order valence-electron chi connectivity index (χ1n) is 8.37. The summed E-state index contributed by atoms with van der Waals surface area (Å²) in [6, 6.07) is 9.63. The highest BCUT2D eigenvalue weighted by Crippen LogP contribution is 2.22. The Morgan fingerprint density at radius 3 is 2.26 bits per heavy atom. The molecule has 9 nitrogen and oxygen atoms in total. The van der Waals surface area contributed by atoms with Gasteiger partial charge < -0.3 is 30.2 Å². The van der Waals surface area contributed by atoms with Crippen LogP contribution in [0, 0.1) is 0 Å². The van der Waals surface area contributed by atoms with Gasteiger partial charge in [0.05, 0.1) is 12.8 Å². The van der Waals surface area contributed by atoms with Crippen molar-refractivity contribution in [2.75, 3.05) is 10.6 Å². The third-order valence-corrected chi connectivity index (χ3v) is 4.00. The van der Waals surface area contributed by atoms with Crippen molar-refractivity contribution in [3.05, 3.63) is 48.4 Å². The quantitative estimate of drug-likeness (QED) is 0.614. The number of amides is 3. The molecule has 3 amide bonds. The zero-order valence-corrected chi connectivity index (χ0v) is 14.3. The van der Waals surface area contributed by atoms with Gasteiger partial charge in [-0.1, -0.05) is 0 Å². The van der Waals surface area contributed by atoms with Crippen molar-refractivity contribution in [2.45, 2.75) is 31.6 Å². The van der Waals surface area contributed by atoms with Crippen molar-refractivity contribution < 1.29 is 28.6 Å². The molecule has 2 atom stereocenters. The molecule has 27 heavy (non-hydrogen) atoms. The van der Waals surface area contributed by atoms with Crippen molar-refractivity contribution in [3.63, 3.8) is 0 Å². The van der Waals surface area contributed by atoms with Gasteiger partial charge in [-0.15, -0.1) is 0 Å². The fraction of sp³-hybridized carbons (Fsp3) is 0.278. The summed E-state index contributed by atoms with van der Waals surface area (Å²) < 4.78 is 10.3. The van der Waals surface area contributed by atoms with Crippen LogP contribution in [0.5, 0.6) is 0 Å². The van der Waals surface area contributed by atoms with Gasteiger partial charge in [-0.2, -0.15) is 0 Å². The highest BCUT2D eigenvalue weighted by atomic mass is 16.5. The SMILES string of the molecule is O=C(NCc1ccco1)Nc1ccc(NC(=O)[C@@H]2CC[C@H](C(=O)O)O2)cc1. The van der Waals surface area contributed by atoms with Gasteiger partial charge in [-0.05, 0) is 49.2 Å². The van der Waals surface area contributed by atoms with Crippen LogP contribution in [-0.2, 0) is 20.9 Å². The highest BCUT2D eigenvalue weighted by molar-refractivity contribution is 5.95. The number of hydrogen-bond donors (Lipinski definition) is 4. The number of urea groups is 1. The Morgan fingerprint density at radius 1 is 1.00 bits per heavy atom. The summed E-state index contributed by atoms with van der Waals surface area (Å²) >= 11 is 0. The molecule has 142 valence electrons. The molecule has 2 aromatic rings. The van der Waals surface area contributed by atoms with Gasteiger partial charge in [0.2, 0.25) is 0 Å². The molecule has 4 N–H and O–H groups in total. The number of carbonyl (C=O) groups is 3. The van der Waals surface area contributed by atoms with E-state index in [1.807, 2.05) is 0 Å². The van der Waals surface area contributed by atoms with Gasteiger partial charge in [0, 0.05) is 11.4 Å². The number of hydrogen-bond acceptors (Lipinski definition) is 5. The van der Waals surface area contributed by atoms with E-state index in [-0.39, 0.29) is 12.6 Å². The fourth-order valence-corrected chi connectivity index (χ4v) is 2.63. The molecule has 0 aliphatic carbocycles. The molecule has 9 heteroatoms. The Bertz CT molecular complexity index is 803. The number of nitrogens with one attached hydrogen (secondary N) is 3. The summed E-state index contributed by atoms with van der Waals surface area (Å²) in [5.74, 6) is -0.816. The van der Waals surface area contributed by atoms with E-state index in [0.29, 0.717) is 30.0 Å². The molecule has 0 radical (unpaired) electrons. The number of aliphatic carboxylic acids is 1. The van der Waals surface area contributed by atoms with Crippen LogP contribution in [0.25, 0.3) is 0 Å². The average molecular weight is 373 g/mol. The lowest BCUT2D eigenvalue weighted by molar-refractivity contribution is -0.150. The number of ether oxygens (including phenoxy) is 1. The number of anilines is 2. The summed E-state index contributed by atoms with van der Waals surface area (Å²) in [5, 5.41) is 16.9. The molecule has 1 aliphatic heterocycles. The van der Waals surface area contributed by atoms with Gasteiger partial charge in [-0.25, -0.2) is 9.59 Å². The Hall–Kier alpha value is -3.33. The minimum absolute atomic E-state index is 0.270. The molecule has 0 saturated carbocycles. The van der Waals surface area contributed by atoms with Crippen molar-refractivity contribution in [1.29, 1.82) is 0 Å². The first-order valence-corrected chi connectivity index (χ1v) is 8.37. The average Bonchev–Trinajstić information content (AvgIpc) is 3.33. The maximum atomic E-state index is 12.1. The molecular formula is C18H19N3O6. The number of carboxylic acid groups (broad SMARTS) is 1. The third kappa shape index (κ3) is 5.08. The van der Waals surface area contributed by atoms with Crippen LogP contribution in [0.2, 0.25) is 0 Å². The zero-order chi connectivity index (χ0) is 19.2. The normalized spacial score (nSPS) is 18.7. The van der Waals surface area contributed by atoms with E-state index < -0.39 is 24.1 Å². The lowest BCUT2D eigenvalue weighted by Crippen LogP contribution is -2.30. The van der Waals surface area contributed by atoms with E-state index in [1.54, 1.807) is 36.4 Å². The molecule has 0 unspecified atom stereocenters. The minimum atomic E-state index is -1.06. The van der Waals surface area contributed by atoms with Gasteiger partial charge in [0.1, 0.15) is 11.9 Å². The van der Waals surface area contributed by atoms with E-state index in [1.165, 1.54) is 6.26 Å². The maximum Gasteiger partial charge on any atom is 0.332 e. The highest BCUT2D eigenvalue weighted by Gasteiger charge is 2.34. The van der Waals surface area contributed by atoms with Crippen LogP contribution in [0.3, 0.4) is 0 Å². The second kappa shape index (κ2) is 8.37. The van der Waals surface area contributed by atoms with E-state index in [4.69, 9.17) is 14.3 Å². The van der Waals surface area contributed by atoms with Crippen molar-refractivity contribution in [3.8, 4) is 0 Å². The van der Waals surface area contributed by atoms with Gasteiger partial charge in [0.25, 0.3) is 5.91 Å². The fourth-order valence-electron chi connectivity index (χ4n) is 2.63. The Kier molecular flexibility index (Phi) is 5.72. The molecule has 1 aliphatic rings. The summed E-state index contributed by atoms with van der Waals surface area (Å²) in [5.41, 5.74) is 1.07. The van der Waals surface area contributed by atoms with Crippen molar-refractivity contribution >= 4 is 29.3 Å². The molecule has 0 bridgehead atoms. The topological polar surface area (TPSA) is 130 Å². The molecule has 0 spiro atoms.